The van der Waals surface area contributed by atoms with Crippen molar-refractivity contribution in [3.8, 4) is 0 Å². The van der Waals surface area contributed by atoms with Crippen molar-refractivity contribution in [2.24, 2.45) is 23.7 Å². The minimum Gasteiger partial charge on any atom is -0.462 e. The molecule has 0 radical (unpaired) electrons. The molecule has 0 unspecified atom stereocenters. The van der Waals surface area contributed by atoms with Gasteiger partial charge in [0, 0.05) is 11.6 Å². The number of benzene rings is 1. The number of nitrogens with one attached hydrogen (secondary N) is 1. The molecule has 20 heavy (non-hydrogen) atoms. The first kappa shape index (κ1) is 11.9. The number of esters is 1. The first-order valence-corrected chi connectivity index (χ1v) is 7.21. The van der Waals surface area contributed by atoms with Crippen LogP contribution in [0.25, 0.3) is 0 Å². The van der Waals surface area contributed by atoms with Crippen LogP contribution >= 0.6 is 0 Å². The van der Waals surface area contributed by atoms with Crippen molar-refractivity contribution in [1.29, 1.82) is 0 Å². The minimum absolute atomic E-state index is 0.0228. The first-order chi connectivity index (χ1) is 9.63. The predicted octanol–water partition coefficient (Wildman–Crippen LogP) is 2.13. The van der Waals surface area contributed by atoms with E-state index in [2.05, 4.69) is 5.32 Å². The lowest BCUT2D eigenvalue weighted by Crippen LogP contribution is -2.35. The molecule has 104 valence electrons. The Kier molecular flexibility index (Phi) is 2.43. The summed E-state index contributed by atoms with van der Waals surface area (Å²) in [4.78, 5) is 24.4. The lowest BCUT2D eigenvalue weighted by atomic mass is 9.79. The van der Waals surface area contributed by atoms with E-state index < -0.39 is 0 Å². The van der Waals surface area contributed by atoms with Crippen molar-refractivity contribution in [2.75, 3.05) is 5.32 Å². The van der Waals surface area contributed by atoms with Gasteiger partial charge in [0.2, 0.25) is 5.91 Å². The van der Waals surface area contributed by atoms with E-state index in [0.717, 1.165) is 24.1 Å². The Morgan fingerprint density at radius 3 is 3.00 bits per heavy atom. The molecule has 2 aliphatic carbocycles. The van der Waals surface area contributed by atoms with Crippen LogP contribution in [0.2, 0.25) is 0 Å². The summed E-state index contributed by atoms with van der Waals surface area (Å²) in [5.74, 6) is -0.00266. The molecular weight excluding hydrogens is 254 g/mol. The van der Waals surface area contributed by atoms with Crippen LogP contribution in [0.15, 0.2) is 24.3 Å². The van der Waals surface area contributed by atoms with Gasteiger partial charge in [-0.3, -0.25) is 9.59 Å². The van der Waals surface area contributed by atoms with Crippen LogP contribution in [-0.4, -0.2) is 18.0 Å². The molecule has 1 N–H and O–H groups in total. The molecule has 1 aromatic rings. The summed E-state index contributed by atoms with van der Waals surface area (Å²) >= 11 is 0. The zero-order valence-electron chi connectivity index (χ0n) is 11.3. The summed E-state index contributed by atoms with van der Waals surface area (Å²) in [6.07, 6.45) is 1.91. The number of hydrogen-bond donors (Lipinski definition) is 1. The fraction of sp³-hybridized carbons (Fsp3) is 0.500. The number of amides is 1. The normalized spacial score (nSPS) is 37.0. The van der Waals surface area contributed by atoms with E-state index >= 15 is 0 Å². The largest absolute Gasteiger partial charge is 0.462 e. The Morgan fingerprint density at radius 2 is 2.20 bits per heavy atom. The first-order valence-electron chi connectivity index (χ1n) is 7.21. The third kappa shape index (κ3) is 1.60. The average Bonchev–Trinajstić information content (AvgIpc) is 2.99. The smallest absolute Gasteiger partial charge is 0.310 e. The number of rotatable bonds is 2. The van der Waals surface area contributed by atoms with Crippen LogP contribution in [0.3, 0.4) is 0 Å². The zero-order chi connectivity index (χ0) is 13.9. The van der Waals surface area contributed by atoms with Crippen molar-refractivity contribution >= 4 is 17.6 Å². The highest BCUT2D eigenvalue weighted by molar-refractivity contribution is 5.97. The number of fused-ring (bicyclic) bond motifs is 1. The van der Waals surface area contributed by atoms with Gasteiger partial charge < -0.3 is 10.1 Å². The van der Waals surface area contributed by atoms with Crippen LogP contribution in [0.4, 0.5) is 5.69 Å². The van der Waals surface area contributed by atoms with Crippen LogP contribution in [0, 0.1) is 30.6 Å². The summed E-state index contributed by atoms with van der Waals surface area (Å²) in [6.45, 7) is 1.99. The second-order valence-corrected chi connectivity index (χ2v) is 6.28. The molecule has 1 heterocycles. The van der Waals surface area contributed by atoms with E-state index in [0.29, 0.717) is 5.92 Å². The lowest BCUT2D eigenvalue weighted by molar-refractivity contribution is -0.145. The fourth-order valence-electron chi connectivity index (χ4n) is 4.31. The molecule has 3 aliphatic rings. The molecule has 1 saturated heterocycles. The maximum absolute atomic E-state index is 12.5. The van der Waals surface area contributed by atoms with Gasteiger partial charge in [0.05, 0.1) is 11.8 Å². The van der Waals surface area contributed by atoms with E-state index in [1.54, 1.807) is 0 Å². The van der Waals surface area contributed by atoms with Gasteiger partial charge in [0.25, 0.3) is 0 Å². The Hall–Kier alpha value is -1.84. The summed E-state index contributed by atoms with van der Waals surface area (Å²) in [7, 11) is 0. The average molecular weight is 271 g/mol. The van der Waals surface area contributed by atoms with Gasteiger partial charge in [0.15, 0.2) is 0 Å². The van der Waals surface area contributed by atoms with E-state index in [-0.39, 0.29) is 35.7 Å². The third-order valence-corrected chi connectivity index (χ3v) is 5.07. The Morgan fingerprint density at radius 1 is 1.35 bits per heavy atom. The topological polar surface area (TPSA) is 55.4 Å². The number of anilines is 1. The second kappa shape index (κ2) is 4.08. The molecule has 5 atom stereocenters. The summed E-state index contributed by atoms with van der Waals surface area (Å²) in [5.41, 5.74) is 1.91. The molecule has 0 spiro atoms. The minimum atomic E-state index is -0.205. The van der Waals surface area contributed by atoms with Gasteiger partial charge in [-0.1, -0.05) is 12.1 Å². The highest BCUT2D eigenvalue weighted by Gasteiger charge is 2.63. The Bertz CT molecular complexity index is 595. The van der Waals surface area contributed by atoms with Crippen molar-refractivity contribution in [1.82, 2.24) is 0 Å². The quantitative estimate of drug-likeness (QED) is 0.838. The highest BCUT2D eigenvalue weighted by Crippen LogP contribution is 2.57. The number of hydrogen-bond acceptors (Lipinski definition) is 3. The highest BCUT2D eigenvalue weighted by atomic mass is 16.6. The van der Waals surface area contributed by atoms with Crippen LogP contribution in [-0.2, 0) is 14.3 Å². The number of carbonyl (C=O) groups is 2. The van der Waals surface area contributed by atoms with Crippen LogP contribution in [0.5, 0.6) is 0 Å². The maximum Gasteiger partial charge on any atom is 0.310 e. The number of ether oxygens (including phenoxy) is 1. The van der Waals surface area contributed by atoms with Crippen LogP contribution in [0.1, 0.15) is 18.4 Å². The molecule has 2 bridgehead atoms. The van der Waals surface area contributed by atoms with Crippen molar-refractivity contribution in [2.45, 2.75) is 25.9 Å². The molecule has 4 heteroatoms. The molecule has 4 rings (SSSR count). The number of carbonyl (C=O) groups excluding carboxylic acids is 2. The van der Waals surface area contributed by atoms with Gasteiger partial charge in [-0.05, 0) is 43.4 Å². The fourth-order valence-corrected chi connectivity index (χ4v) is 4.31. The SMILES string of the molecule is Cc1cccc(NC(=O)[C@@H]2[C@@H]3C[C@@H]4[C@H]2C(=O)O[C@@H]4C3)c1. The molecule has 4 nitrogen and oxygen atoms in total. The van der Waals surface area contributed by atoms with Crippen LogP contribution < -0.4 is 5.32 Å². The predicted molar refractivity (Wildman–Crippen MR) is 72.9 cm³/mol. The number of aryl methyl sites for hydroxylation is 1. The van der Waals surface area contributed by atoms with Crippen molar-refractivity contribution in [3.63, 3.8) is 0 Å². The van der Waals surface area contributed by atoms with E-state index in [9.17, 15) is 9.59 Å². The molecular formula is C16H17NO3. The van der Waals surface area contributed by atoms with Gasteiger partial charge in [0.1, 0.15) is 6.10 Å². The Balaban J connectivity index is 1.56. The zero-order valence-corrected chi connectivity index (χ0v) is 11.3. The van der Waals surface area contributed by atoms with Gasteiger partial charge in [-0.25, -0.2) is 0 Å². The summed E-state index contributed by atoms with van der Waals surface area (Å²) in [5, 5.41) is 2.97. The monoisotopic (exact) mass is 271 g/mol. The third-order valence-electron chi connectivity index (χ3n) is 5.07. The molecule has 1 aromatic carbocycles. The molecule has 1 aliphatic heterocycles. The summed E-state index contributed by atoms with van der Waals surface area (Å²) < 4.78 is 5.37. The van der Waals surface area contributed by atoms with Gasteiger partial charge >= 0.3 is 5.97 Å². The second-order valence-electron chi connectivity index (χ2n) is 6.28. The van der Waals surface area contributed by atoms with E-state index in [1.165, 1.54) is 0 Å². The van der Waals surface area contributed by atoms with E-state index in [1.807, 2.05) is 31.2 Å². The van der Waals surface area contributed by atoms with Gasteiger partial charge in [-0.2, -0.15) is 0 Å². The van der Waals surface area contributed by atoms with Crippen molar-refractivity contribution < 1.29 is 14.3 Å². The Labute approximate surface area is 117 Å². The molecule has 0 aromatic heterocycles. The molecule has 3 fully saturated rings. The maximum atomic E-state index is 12.5. The van der Waals surface area contributed by atoms with E-state index in [4.69, 9.17) is 4.74 Å². The summed E-state index contributed by atoms with van der Waals surface area (Å²) in [6, 6.07) is 7.74. The molecule has 2 saturated carbocycles. The lowest BCUT2D eigenvalue weighted by Gasteiger charge is -2.23. The van der Waals surface area contributed by atoms with Gasteiger partial charge in [-0.15, -0.1) is 0 Å². The molecule has 1 amide bonds. The standard InChI is InChI=1S/C16H17NO3/c1-8-3-2-4-10(5-8)17-15(18)13-9-6-11-12(7-9)20-16(19)14(11)13/h2-5,9,11-14H,6-7H2,1H3,(H,17,18)/t9-,11+,12-,13-,14-/m1/s1. The van der Waals surface area contributed by atoms with Crippen molar-refractivity contribution in [3.05, 3.63) is 29.8 Å².